The van der Waals surface area contributed by atoms with E-state index in [0.717, 1.165) is 24.6 Å². The molecule has 1 aliphatic rings. The fraction of sp³-hybridized carbons (Fsp3) is 0.235. The molecule has 1 atom stereocenters. The third-order valence-electron chi connectivity index (χ3n) is 4.19. The van der Waals surface area contributed by atoms with Crippen molar-refractivity contribution in [2.24, 2.45) is 0 Å². The lowest BCUT2D eigenvalue weighted by Crippen LogP contribution is -2.13. The minimum absolute atomic E-state index is 0.0314. The van der Waals surface area contributed by atoms with E-state index in [1.54, 1.807) is 30.0 Å². The number of aromatic nitrogens is 2. The van der Waals surface area contributed by atoms with E-state index in [4.69, 9.17) is 34.8 Å². The molecule has 0 bridgehead atoms. The van der Waals surface area contributed by atoms with E-state index >= 15 is 0 Å². The normalized spacial score (nSPS) is 17.8. The molecule has 142 valence electrons. The minimum atomic E-state index is -4.55. The molecule has 1 saturated heterocycles. The standard InChI is InChI=1S/C17H11Cl3F3N3S/c18-9-2-1-3-10(19)12(9)15-25-13(16-24-4-5-27-16)14-11(20)6-8(7-26(14)15)17(21,22)23/h1-3,6-7,16,24H,4-5H2/t16-/m0/s1. The Morgan fingerprint density at radius 1 is 1.15 bits per heavy atom. The average molecular weight is 453 g/mol. The summed E-state index contributed by atoms with van der Waals surface area (Å²) in [5, 5.41) is 3.65. The summed E-state index contributed by atoms with van der Waals surface area (Å²) in [7, 11) is 0. The number of hydrogen-bond donors (Lipinski definition) is 1. The summed E-state index contributed by atoms with van der Waals surface area (Å²) in [5.74, 6) is 1.09. The summed E-state index contributed by atoms with van der Waals surface area (Å²) < 4.78 is 41.3. The van der Waals surface area contributed by atoms with Crippen molar-refractivity contribution in [2.75, 3.05) is 12.3 Å². The van der Waals surface area contributed by atoms with Crippen LogP contribution in [0.15, 0.2) is 30.5 Å². The van der Waals surface area contributed by atoms with Crippen LogP contribution in [0.5, 0.6) is 0 Å². The SMILES string of the molecule is FC(F)(F)c1cc(Cl)c2c([C@H]3NCCS3)nc(-c3c(Cl)cccc3Cl)n2c1. The Morgan fingerprint density at radius 2 is 1.85 bits per heavy atom. The van der Waals surface area contributed by atoms with Crippen molar-refractivity contribution in [3.8, 4) is 11.4 Å². The highest BCUT2D eigenvalue weighted by Crippen LogP contribution is 2.42. The summed E-state index contributed by atoms with van der Waals surface area (Å²) in [6, 6.07) is 5.80. The zero-order chi connectivity index (χ0) is 19.3. The molecule has 1 aliphatic heterocycles. The number of benzene rings is 1. The van der Waals surface area contributed by atoms with Gasteiger partial charge in [0.2, 0.25) is 0 Å². The topological polar surface area (TPSA) is 29.3 Å². The van der Waals surface area contributed by atoms with E-state index in [2.05, 4.69) is 10.3 Å². The third kappa shape index (κ3) is 3.40. The molecule has 1 N–H and O–H groups in total. The summed E-state index contributed by atoms with van der Waals surface area (Å²) in [4.78, 5) is 4.61. The van der Waals surface area contributed by atoms with Gasteiger partial charge in [-0.15, -0.1) is 11.8 Å². The van der Waals surface area contributed by atoms with Gasteiger partial charge in [-0.25, -0.2) is 4.98 Å². The van der Waals surface area contributed by atoms with Gasteiger partial charge >= 0.3 is 6.18 Å². The molecule has 0 unspecified atom stereocenters. The second-order valence-electron chi connectivity index (χ2n) is 5.92. The van der Waals surface area contributed by atoms with Gasteiger partial charge in [0.15, 0.2) is 0 Å². The molecule has 3 nitrogen and oxygen atoms in total. The molecule has 0 saturated carbocycles. The van der Waals surface area contributed by atoms with Crippen LogP contribution in [0.25, 0.3) is 16.9 Å². The second-order valence-corrected chi connectivity index (χ2v) is 8.35. The van der Waals surface area contributed by atoms with Crippen LogP contribution in [0, 0.1) is 0 Å². The van der Waals surface area contributed by atoms with E-state index in [0.29, 0.717) is 26.8 Å². The number of thioether (sulfide) groups is 1. The van der Waals surface area contributed by atoms with Crippen molar-refractivity contribution >= 4 is 52.1 Å². The van der Waals surface area contributed by atoms with Crippen molar-refractivity contribution in [1.29, 1.82) is 0 Å². The molecule has 4 rings (SSSR count). The van der Waals surface area contributed by atoms with Gasteiger partial charge < -0.3 is 0 Å². The van der Waals surface area contributed by atoms with Gasteiger partial charge in [0.1, 0.15) is 5.82 Å². The first-order valence-electron chi connectivity index (χ1n) is 7.85. The fourth-order valence-electron chi connectivity index (χ4n) is 3.02. The van der Waals surface area contributed by atoms with Crippen LogP contribution in [0.1, 0.15) is 16.6 Å². The molecule has 2 aromatic heterocycles. The van der Waals surface area contributed by atoms with Crippen molar-refractivity contribution < 1.29 is 13.2 Å². The molecule has 0 radical (unpaired) electrons. The molecule has 10 heteroatoms. The van der Waals surface area contributed by atoms with Crippen molar-refractivity contribution in [3.63, 3.8) is 0 Å². The number of pyridine rings is 1. The molecule has 27 heavy (non-hydrogen) atoms. The highest BCUT2D eigenvalue weighted by Gasteiger charge is 2.34. The van der Waals surface area contributed by atoms with Crippen molar-refractivity contribution in [2.45, 2.75) is 11.6 Å². The van der Waals surface area contributed by atoms with Gasteiger partial charge in [-0.3, -0.25) is 9.72 Å². The lowest BCUT2D eigenvalue weighted by molar-refractivity contribution is -0.137. The Hall–Kier alpha value is -1.12. The number of nitrogens with one attached hydrogen (secondary N) is 1. The minimum Gasteiger partial charge on any atom is -0.299 e. The van der Waals surface area contributed by atoms with Crippen LogP contribution in [-0.2, 0) is 6.18 Å². The highest BCUT2D eigenvalue weighted by molar-refractivity contribution is 7.99. The number of fused-ring (bicyclic) bond motifs is 1. The first-order chi connectivity index (χ1) is 12.8. The first-order valence-corrected chi connectivity index (χ1v) is 10.0. The molecule has 0 spiro atoms. The Morgan fingerprint density at radius 3 is 2.44 bits per heavy atom. The maximum atomic E-state index is 13.3. The Labute approximate surface area is 171 Å². The number of nitrogens with zero attached hydrogens (tertiary/aromatic N) is 2. The van der Waals surface area contributed by atoms with Crippen LogP contribution < -0.4 is 5.32 Å². The number of rotatable bonds is 2. The van der Waals surface area contributed by atoms with Crippen molar-refractivity contribution in [1.82, 2.24) is 14.7 Å². The summed E-state index contributed by atoms with van der Waals surface area (Å²) >= 11 is 20.5. The zero-order valence-electron chi connectivity index (χ0n) is 13.4. The summed E-state index contributed by atoms with van der Waals surface area (Å²) in [6.45, 7) is 0.773. The predicted octanol–water partition coefficient (Wildman–Crippen LogP) is 6.32. The maximum absolute atomic E-state index is 13.3. The molecule has 0 amide bonds. The van der Waals surface area contributed by atoms with Crippen LogP contribution in [0.4, 0.5) is 13.2 Å². The fourth-order valence-corrected chi connectivity index (χ4v) is 4.92. The highest BCUT2D eigenvalue weighted by atomic mass is 35.5. The van der Waals surface area contributed by atoms with Crippen molar-refractivity contribution in [3.05, 3.63) is 56.8 Å². The number of halogens is 6. The Balaban J connectivity index is 2.07. The number of alkyl halides is 3. The van der Waals surface area contributed by atoms with E-state index in [1.807, 2.05) is 0 Å². The van der Waals surface area contributed by atoms with E-state index in [-0.39, 0.29) is 16.2 Å². The lowest BCUT2D eigenvalue weighted by Gasteiger charge is -2.12. The van der Waals surface area contributed by atoms with Crippen LogP contribution in [0.2, 0.25) is 15.1 Å². The maximum Gasteiger partial charge on any atom is 0.417 e. The lowest BCUT2D eigenvalue weighted by atomic mass is 10.2. The summed E-state index contributed by atoms with van der Waals surface area (Å²) in [5.41, 5.74) is 0.450. The van der Waals surface area contributed by atoms with Gasteiger partial charge in [-0.05, 0) is 18.2 Å². The van der Waals surface area contributed by atoms with Gasteiger partial charge in [0, 0.05) is 18.5 Å². The van der Waals surface area contributed by atoms with Gasteiger partial charge in [0.05, 0.1) is 42.8 Å². The largest absolute Gasteiger partial charge is 0.417 e. The second kappa shape index (κ2) is 7.04. The molecule has 3 heterocycles. The molecular weight excluding hydrogens is 442 g/mol. The Kier molecular flexibility index (Phi) is 5.01. The molecule has 1 aromatic carbocycles. The van der Waals surface area contributed by atoms with Crippen LogP contribution >= 0.6 is 46.6 Å². The van der Waals surface area contributed by atoms with E-state index < -0.39 is 11.7 Å². The predicted molar refractivity (Wildman–Crippen MR) is 104 cm³/mol. The molecular formula is C17H11Cl3F3N3S. The smallest absolute Gasteiger partial charge is 0.299 e. The quantitative estimate of drug-likeness (QED) is 0.494. The third-order valence-corrected chi connectivity index (χ3v) is 6.27. The van der Waals surface area contributed by atoms with Gasteiger partial charge in [-0.2, -0.15) is 13.2 Å². The van der Waals surface area contributed by atoms with Crippen LogP contribution in [0.3, 0.4) is 0 Å². The van der Waals surface area contributed by atoms with Crippen LogP contribution in [-0.4, -0.2) is 21.7 Å². The van der Waals surface area contributed by atoms with E-state index in [1.165, 1.54) is 4.40 Å². The van der Waals surface area contributed by atoms with Gasteiger partial charge in [0.25, 0.3) is 0 Å². The monoisotopic (exact) mass is 451 g/mol. The number of imidazole rings is 1. The molecule has 1 fully saturated rings. The summed E-state index contributed by atoms with van der Waals surface area (Å²) in [6.07, 6.45) is -3.57. The molecule has 3 aromatic rings. The van der Waals surface area contributed by atoms with Gasteiger partial charge in [-0.1, -0.05) is 40.9 Å². The average Bonchev–Trinajstić information content (AvgIpc) is 3.22. The Bertz CT molecular complexity index is 1010. The first kappa shape index (κ1) is 19.2. The molecule has 0 aliphatic carbocycles. The van der Waals surface area contributed by atoms with E-state index in [9.17, 15) is 13.2 Å². The zero-order valence-corrected chi connectivity index (χ0v) is 16.5. The number of hydrogen-bond acceptors (Lipinski definition) is 3.